The Bertz CT molecular complexity index is 1260. The summed E-state index contributed by atoms with van der Waals surface area (Å²) < 4.78 is 191. The Hall–Kier alpha value is -2.81. The van der Waals surface area contributed by atoms with Crippen molar-refractivity contribution in [3.05, 3.63) is 0 Å². The molecule has 8 nitrogen and oxygen atoms in total. The highest BCUT2D eigenvalue weighted by molar-refractivity contribution is 6.79. The van der Waals surface area contributed by atoms with E-state index in [4.69, 9.17) is 9.47 Å². The normalized spacial score (nSPS) is 17.3. The second kappa shape index (κ2) is 16.7. The molecule has 0 aliphatic rings. The van der Waals surface area contributed by atoms with Gasteiger partial charge in [0, 0.05) is 27.8 Å². The molecule has 0 amide bonds. The fourth-order valence-corrected chi connectivity index (χ4v) is 5.49. The average molecular weight is 807 g/mol. The van der Waals surface area contributed by atoms with Gasteiger partial charge in [0.1, 0.15) is 5.60 Å². The van der Waals surface area contributed by atoms with E-state index in [1.165, 1.54) is 0 Å². The SMILES string of the molecule is CC(=O)OC(C)(CC(C(=O)OCC(F)(F)C(F)(F)F)C(C)C(=O)OCC(F)(F)C(F)(F)F)CC(C)(C(=O)OCCCC(C)(C)[Si](C)(C)C)C(F)(F)F. The van der Waals surface area contributed by atoms with Gasteiger partial charge < -0.3 is 18.9 Å². The number of hydrogen-bond donors (Lipinski definition) is 0. The zero-order valence-electron chi connectivity index (χ0n) is 29.8. The quantitative estimate of drug-likeness (QED) is 0.0445. The Morgan fingerprint density at radius 3 is 1.44 bits per heavy atom. The van der Waals surface area contributed by atoms with Gasteiger partial charge in [0.2, 0.25) is 0 Å². The topological polar surface area (TPSA) is 105 Å². The molecule has 52 heavy (non-hydrogen) atoms. The molecule has 306 valence electrons. The first-order chi connectivity index (χ1) is 22.8. The van der Waals surface area contributed by atoms with E-state index in [-0.39, 0.29) is 11.5 Å². The summed E-state index contributed by atoms with van der Waals surface area (Å²) in [6.45, 7) is 6.05. The van der Waals surface area contributed by atoms with Gasteiger partial charge >= 0.3 is 54.3 Å². The van der Waals surface area contributed by atoms with E-state index in [0.717, 1.165) is 0 Å². The van der Waals surface area contributed by atoms with Crippen LogP contribution in [0.25, 0.3) is 0 Å². The number of hydrogen-bond acceptors (Lipinski definition) is 8. The number of alkyl halides is 13. The predicted octanol–water partition coefficient (Wildman–Crippen LogP) is 8.83. The first kappa shape index (κ1) is 49.2. The van der Waals surface area contributed by atoms with Gasteiger partial charge in [-0.3, -0.25) is 19.2 Å². The molecule has 0 N–H and O–H groups in total. The molecule has 0 spiro atoms. The summed E-state index contributed by atoms with van der Waals surface area (Å²) in [7, 11) is -1.79. The molecule has 0 fully saturated rings. The van der Waals surface area contributed by atoms with Gasteiger partial charge in [0.05, 0.1) is 18.4 Å². The van der Waals surface area contributed by atoms with Crippen LogP contribution in [0.4, 0.5) is 57.1 Å². The Morgan fingerprint density at radius 1 is 0.654 bits per heavy atom. The molecule has 0 radical (unpaired) electrons. The Labute approximate surface area is 292 Å². The fourth-order valence-electron chi connectivity index (χ4n) is 4.57. The molecule has 0 aliphatic heterocycles. The molecular formula is C30H43F13O8Si. The largest absolute Gasteiger partial charge is 0.465 e. The maximum atomic E-state index is 14.6. The molecule has 0 saturated carbocycles. The lowest BCUT2D eigenvalue weighted by Crippen LogP contribution is -2.51. The molecule has 0 aromatic rings. The lowest BCUT2D eigenvalue weighted by atomic mass is 9.73. The molecule has 0 aromatic carbocycles. The minimum atomic E-state index is -6.32. The van der Waals surface area contributed by atoms with Crippen LogP contribution in [0.2, 0.25) is 24.7 Å². The van der Waals surface area contributed by atoms with Crippen LogP contribution in [0, 0.1) is 17.3 Å². The number of carbonyl (C=O) groups excluding carboxylic acids is 4. The van der Waals surface area contributed by atoms with Gasteiger partial charge in [0.25, 0.3) is 0 Å². The van der Waals surface area contributed by atoms with Gasteiger partial charge in [0.15, 0.2) is 18.6 Å². The van der Waals surface area contributed by atoms with E-state index in [0.29, 0.717) is 34.1 Å². The molecule has 0 saturated heterocycles. The van der Waals surface area contributed by atoms with E-state index < -0.39 is 118 Å². The summed E-state index contributed by atoms with van der Waals surface area (Å²) in [5, 5.41) is -0.241. The lowest BCUT2D eigenvalue weighted by Gasteiger charge is -2.40. The first-order valence-corrected chi connectivity index (χ1v) is 18.9. The van der Waals surface area contributed by atoms with E-state index in [1.807, 2.05) is 33.5 Å². The molecule has 0 aromatic heterocycles. The van der Waals surface area contributed by atoms with Crippen molar-refractivity contribution < 1.29 is 95.2 Å². The van der Waals surface area contributed by atoms with Crippen LogP contribution >= 0.6 is 0 Å². The molecule has 4 unspecified atom stereocenters. The van der Waals surface area contributed by atoms with E-state index in [1.54, 1.807) is 0 Å². The van der Waals surface area contributed by atoms with Crippen molar-refractivity contribution in [3.63, 3.8) is 0 Å². The number of ether oxygens (including phenoxy) is 4. The first-order valence-electron chi connectivity index (χ1n) is 15.4. The third kappa shape index (κ3) is 13.2. The van der Waals surface area contributed by atoms with Crippen LogP contribution in [0.5, 0.6) is 0 Å². The van der Waals surface area contributed by atoms with Crippen molar-refractivity contribution in [3.8, 4) is 0 Å². The third-order valence-corrected chi connectivity index (χ3v) is 13.3. The van der Waals surface area contributed by atoms with Gasteiger partial charge in [-0.2, -0.15) is 57.1 Å². The molecule has 0 rings (SSSR count). The van der Waals surface area contributed by atoms with E-state index >= 15 is 0 Å². The molecule has 0 aliphatic carbocycles. The highest BCUT2D eigenvalue weighted by Crippen LogP contribution is 2.48. The summed E-state index contributed by atoms with van der Waals surface area (Å²) in [5.74, 6) is -24.2. The number of esters is 4. The average Bonchev–Trinajstić information content (AvgIpc) is 2.92. The van der Waals surface area contributed by atoms with Crippen molar-refractivity contribution in [2.45, 2.75) is 128 Å². The summed E-state index contributed by atoms with van der Waals surface area (Å²) in [5.41, 5.74) is -6.41. The maximum Gasteiger partial charge on any atom is 0.456 e. The van der Waals surface area contributed by atoms with Crippen LogP contribution in [0.15, 0.2) is 0 Å². The van der Waals surface area contributed by atoms with Crippen LogP contribution in [0.3, 0.4) is 0 Å². The number of rotatable bonds is 18. The highest BCUT2D eigenvalue weighted by Gasteiger charge is 2.63. The summed E-state index contributed by atoms with van der Waals surface area (Å²) in [4.78, 5) is 50.5. The van der Waals surface area contributed by atoms with Crippen molar-refractivity contribution in [1.82, 2.24) is 0 Å². The van der Waals surface area contributed by atoms with E-state index in [2.05, 4.69) is 9.47 Å². The standard InChI is InChI=1S/C30H43F13O8Si/c1-17(20(45)49-15-26(31,32)29(38,39)40)19(21(46)50-16-27(33,34)30(41,42)43)13-24(5,51-18(2)44)14-25(6,28(35,36)37)22(47)48-12-10-11-23(3,4)52(7,8)9/h17,19H,10-16H2,1-9H3. The summed E-state index contributed by atoms with van der Waals surface area (Å²) in [6, 6.07) is 0. The third-order valence-electron chi connectivity index (χ3n) is 8.95. The van der Waals surface area contributed by atoms with Gasteiger partial charge in [-0.15, -0.1) is 0 Å². The molecule has 0 bridgehead atoms. The molecule has 0 heterocycles. The predicted molar refractivity (Wildman–Crippen MR) is 158 cm³/mol. The van der Waals surface area contributed by atoms with Crippen molar-refractivity contribution >= 4 is 32.0 Å². The van der Waals surface area contributed by atoms with Gasteiger partial charge in [-0.1, -0.05) is 40.4 Å². The molecule has 4 atom stereocenters. The van der Waals surface area contributed by atoms with Crippen LogP contribution < -0.4 is 0 Å². The Morgan fingerprint density at radius 2 is 1.08 bits per heavy atom. The van der Waals surface area contributed by atoms with Crippen LogP contribution in [-0.4, -0.2) is 87.7 Å². The number of halogens is 13. The Kier molecular flexibility index (Phi) is 15.8. The van der Waals surface area contributed by atoms with E-state index in [9.17, 15) is 76.3 Å². The smallest absolute Gasteiger partial charge is 0.456 e. The molecular weight excluding hydrogens is 763 g/mol. The van der Waals surface area contributed by atoms with Gasteiger partial charge in [-0.05, 0) is 31.7 Å². The lowest BCUT2D eigenvalue weighted by molar-refractivity contribution is -0.295. The second-order valence-electron chi connectivity index (χ2n) is 14.6. The van der Waals surface area contributed by atoms with Crippen molar-refractivity contribution in [2.75, 3.05) is 19.8 Å². The zero-order chi connectivity index (χ0) is 41.7. The summed E-state index contributed by atoms with van der Waals surface area (Å²) in [6.07, 6.45) is -20.7. The highest BCUT2D eigenvalue weighted by atomic mass is 28.3. The number of carbonyl (C=O) groups is 4. The second-order valence-corrected chi connectivity index (χ2v) is 20.5. The fraction of sp³-hybridized carbons (Fsp3) is 0.867. The van der Waals surface area contributed by atoms with Crippen LogP contribution in [0.1, 0.15) is 67.2 Å². The minimum absolute atomic E-state index is 0.113. The van der Waals surface area contributed by atoms with Crippen LogP contribution in [-0.2, 0) is 38.1 Å². The monoisotopic (exact) mass is 806 g/mol. The minimum Gasteiger partial charge on any atom is -0.465 e. The van der Waals surface area contributed by atoms with Crippen molar-refractivity contribution in [1.29, 1.82) is 0 Å². The van der Waals surface area contributed by atoms with Gasteiger partial charge in [-0.25, -0.2) is 0 Å². The maximum absolute atomic E-state index is 14.6. The Balaban J connectivity index is 6.77. The molecule has 22 heteroatoms. The zero-order valence-corrected chi connectivity index (χ0v) is 30.8. The summed E-state index contributed by atoms with van der Waals surface area (Å²) >= 11 is 0. The van der Waals surface area contributed by atoms with Crippen molar-refractivity contribution in [2.24, 2.45) is 17.3 Å².